The largest absolute Gasteiger partial charge is 0.330 e. The molecule has 0 aromatic rings. The second kappa shape index (κ2) is 7.43. The van der Waals surface area contributed by atoms with Crippen LogP contribution in [0, 0.1) is 5.92 Å². The number of nitrogens with zero attached hydrogens (tertiary/aromatic N) is 2. The minimum absolute atomic E-state index is 0.336. The van der Waals surface area contributed by atoms with Gasteiger partial charge in [0.15, 0.2) is 0 Å². The Morgan fingerprint density at radius 3 is 2.33 bits per heavy atom. The number of nitrogens with two attached hydrogens (primary N) is 1. The molecule has 1 aliphatic heterocycles. The molecule has 2 N–H and O–H groups in total. The molecular formula is C12H27N3O2S. The SMILES string of the molecule is CC(C)CN(CCCN)S(=O)(=O)N1CCCCC1. The van der Waals surface area contributed by atoms with Crippen LogP contribution in [-0.2, 0) is 10.2 Å². The van der Waals surface area contributed by atoms with E-state index in [4.69, 9.17) is 5.73 Å². The van der Waals surface area contributed by atoms with Crippen molar-refractivity contribution in [1.29, 1.82) is 0 Å². The Morgan fingerprint density at radius 2 is 1.83 bits per heavy atom. The minimum Gasteiger partial charge on any atom is -0.330 e. The van der Waals surface area contributed by atoms with Crippen LogP contribution in [-0.4, -0.2) is 49.8 Å². The normalized spacial score (nSPS) is 18.7. The number of piperidine rings is 1. The molecule has 1 fully saturated rings. The molecule has 0 bridgehead atoms. The molecule has 0 atom stereocenters. The van der Waals surface area contributed by atoms with Gasteiger partial charge in [0.25, 0.3) is 10.2 Å². The number of rotatable bonds is 7. The molecule has 0 aromatic carbocycles. The van der Waals surface area contributed by atoms with Gasteiger partial charge < -0.3 is 5.73 Å². The maximum atomic E-state index is 12.5. The molecule has 0 radical (unpaired) electrons. The molecular weight excluding hydrogens is 250 g/mol. The summed E-state index contributed by atoms with van der Waals surface area (Å²) in [6, 6.07) is 0. The van der Waals surface area contributed by atoms with E-state index in [1.807, 2.05) is 13.8 Å². The van der Waals surface area contributed by atoms with E-state index in [-0.39, 0.29) is 0 Å². The van der Waals surface area contributed by atoms with Gasteiger partial charge in [-0.3, -0.25) is 0 Å². The van der Waals surface area contributed by atoms with Crippen molar-refractivity contribution in [3.63, 3.8) is 0 Å². The van der Waals surface area contributed by atoms with E-state index in [2.05, 4.69) is 0 Å². The predicted molar refractivity (Wildman–Crippen MR) is 74.4 cm³/mol. The topological polar surface area (TPSA) is 66.6 Å². The number of hydrogen-bond donors (Lipinski definition) is 1. The standard InChI is InChI=1S/C12H27N3O2S/c1-12(2)11-15(10-6-7-13)18(16,17)14-8-4-3-5-9-14/h12H,3-11,13H2,1-2H3. The van der Waals surface area contributed by atoms with Gasteiger partial charge in [-0.05, 0) is 31.7 Å². The van der Waals surface area contributed by atoms with Gasteiger partial charge in [0.05, 0.1) is 0 Å². The lowest BCUT2D eigenvalue weighted by molar-refractivity contribution is 0.289. The van der Waals surface area contributed by atoms with E-state index in [0.717, 1.165) is 25.7 Å². The highest BCUT2D eigenvalue weighted by molar-refractivity contribution is 7.86. The molecule has 0 aliphatic carbocycles. The summed E-state index contributed by atoms with van der Waals surface area (Å²) in [5.41, 5.74) is 5.49. The zero-order valence-corrected chi connectivity index (χ0v) is 12.5. The molecule has 0 saturated carbocycles. The van der Waals surface area contributed by atoms with Gasteiger partial charge in [0, 0.05) is 26.2 Å². The van der Waals surface area contributed by atoms with E-state index in [0.29, 0.717) is 38.6 Å². The molecule has 1 saturated heterocycles. The molecule has 18 heavy (non-hydrogen) atoms. The minimum atomic E-state index is -3.28. The summed E-state index contributed by atoms with van der Waals surface area (Å²) in [6.45, 7) is 7.07. The Kier molecular flexibility index (Phi) is 6.55. The van der Waals surface area contributed by atoms with Gasteiger partial charge in [0.1, 0.15) is 0 Å². The van der Waals surface area contributed by atoms with Gasteiger partial charge in [0.2, 0.25) is 0 Å². The van der Waals surface area contributed by atoms with Crippen molar-refractivity contribution in [2.45, 2.75) is 39.5 Å². The van der Waals surface area contributed by atoms with Gasteiger partial charge in [-0.2, -0.15) is 17.0 Å². The Labute approximate surface area is 112 Å². The van der Waals surface area contributed by atoms with Gasteiger partial charge >= 0.3 is 0 Å². The van der Waals surface area contributed by atoms with Crippen molar-refractivity contribution in [2.24, 2.45) is 11.7 Å². The highest BCUT2D eigenvalue weighted by Gasteiger charge is 2.30. The third kappa shape index (κ3) is 4.50. The summed E-state index contributed by atoms with van der Waals surface area (Å²) >= 11 is 0. The van der Waals surface area contributed by atoms with Crippen LogP contribution in [0.15, 0.2) is 0 Å². The van der Waals surface area contributed by atoms with Crippen molar-refractivity contribution in [1.82, 2.24) is 8.61 Å². The Bertz CT molecular complexity index is 324. The van der Waals surface area contributed by atoms with Crippen LogP contribution in [0.5, 0.6) is 0 Å². The van der Waals surface area contributed by atoms with E-state index >= 15 is 0 Å². The summed E-state index contributed by atoms with van der Waals surface area (Å²) < 4.78 is 28.3. The third-order valence-corrected chi connectivity index (χ3v) is 5.15. The third-order valence-electron chi connectivity index (χ3n) is 3.15. The van der Waals surface area contributed by atoms with Crippen LogP contribution >= 0.6 is 0 Å². The van der Waals surface area contributed by atoms with E-state index in [1.54, 1.807) is 8.61 Å². The number of hydrogen-bond acceptors (Lipinski definition) is 3. The molecule has 6 heteroatoms. The van der Waals surface area contributed by atoms with Crippen molar-refractivity contribution in [2.75, 3.05) is 32.7 Å². The average Bonchev–Trinajstić information content (AvgIpc) is 2.35. The second-order valence-electron chi connectivity index (χ2n) is 5.36. The maximum Gasteiger partial charge on any atom is 0.281 e. The quantitative estimate of drug-likeness (QED) is 0.755. The fraction of sp³-hybridized carbons (Fsp3) is 1.00. The smallest absolute Gasteiger partial charge is 0.281 e. The Balaban J connectivity index is 2.73. The van der Waals surface area contributed by atoms with Crippen molar-refractivity contribution in [3.8, 4) is 0 Å². The van der Waals surface area contributed by atoms with Crippen LogP contribution in [0.1, 0.15) is 39.5 Å². The van der Waals surface area contributed by atoms with Gasteiger partial charge in [-0.25, -0.2) is 0 Å². The summed E-state index contributed by atoms with van der Waals surface area (Å²) in [5.74, 6) is 0.336. The first kappa shape index (κ1) is 15.9. The van der Waals surface area contributed by atoms with Crippen LogP contribution < -0.4 is 5.73 Å². The summed E-state index contributed by atoms with van der Waals surface area (Å²) in [4.78, 5) is 0. The van der Waals surface area contributed by atoms with Crippen LogP contribution in [0.4, 0.5) is 0 Å². The molecule has 1 rings (SSSR count). The Morgan fingerprint density at radius 1 is 1.22 bits per heavy atom. The fourth-order valence-corrected chi connectivity index (χ4v) is 4.13. The second-order valence-corrected chi connectivity index (χ2v) is 7.29. The zero-order chi connectivity index (χ0) is 13.6. The van der Waals surface area contributed by atoms with Gasteiger partial charge in [-0.1, -0.05) is 20.3 Å². The lowest BCUT2D eigenvalue weighted by Gasteiger charge is -2.32. The van der Waals surface area contributed by atoms with Crippen molar-refractivity contribution in [3.05, 3.63) is 0 Å². The zero-order valence-electron chi connectivity index (χ0n) is 11.6. The first-order chi connectivity index (χ1) is 8.48. The van der Waals surface area contributed by atoms with E-state index < -0.39 is 10.2 Å². The van der Waals surface area contributed by atoms with Gasteiger partial charge in [-0.15, -0.1) is 0 Å². The fourth-order valence-electron chi connectivity index (χ4n) is 2.23. The van der Waals surface area contributed by atoms with E-state index in [1.165, 1.54) is 0 Å². The highest BCUT2D eigenvalue weighted by atomic mass is 32.2. The molecule has 108 valence electrons. The molecule has 5 nitrogen and oxygen atoms in total. The van der Waals surface area contributed by atoms with Crippen molar-refractivity contribution < 1.29 is 8.42 Å². The van der Waals surface area contributed by atoms with E-state index in [9.17, 15) is 8.42 Å². The summed E-state index contributed by atoms with van der Waals surface area (Å²) in [5, 5.41) is 0. The molecule has 0 amide bonds. The molecule has 0 spiro atoms. The van der Waals surface area contributed by atoms with Crippen molar-refractivity contribution >= 4 is 10.2 Å². The van der Waals surface area contributed by atoms with Crippen LogP contribution in [0.25, 0.3) is 0 Å². The maximum absolute atomic E-state index is 12.5. The average molecular weight is 277 g/mol. The molecule has 0 unspecified atom stereocenters. The van der Waals surface area contributed by atoms with Crippen LogP contribution in [0.3, 0.4) is 0 Å². The molecule has 1 heterocycles. The summed E-state index contributed by atoms with van der Waals surface area (Å²) in [6.07, 6.45) is 3.82. The first-order valence-corrected chi connectivity index (χ1v) is 8.33. The monoisotopic (exact) mass is 277 g/mol. The molecule has 0 aromatic heterocycles. The lowest BCUT2D eigenvalue weighted by Crippen LogP contribution is -2.47. The predicted octanol–water partition coefficient (Wildman–Crippen LogP) is 1.02. The highest BCUT2D eigenvalue weighted by Crippen LogP contribution is 2.17. The Hall–Kier alpha value is -0.170. The lowest BCUT2D eigenvalue weighted by atomic mass is 10.2. The summed E-state index contributed by atoms with van der Waals surface area (Å²) in [7, 11) is -3.28. The van der Waals surface area contributed by atoms with Crippen LogP contribution in [0.2, 0.25) is 0 Å². The first-order valence-electron chi connectivity index (χ1n) is 6.93. The molecule has 1 aliphatic rings.